The van der Waals surface area contributed by atoms with Crippen molar-refractivity contribution >= 4 is 59.7 Å². The zero-order valence-corrected chi connectivity index (χ0v) is 24.7. The van der Waals surface area contributed by atoms with E-state index in [1.54, 1.807) is 0 Å². The Morgan fingerprint density at radius 3 is 2.17 bits per heavy atom. The standard InChI is InChI=1S/C19H18N4O8S2.2Na/c1-10(24)21-15-8-14(20)17(31-2)9-16(15)23-22-11-6-13-12(19(7-11)33(28,29)30)4-3-5-18(13)32(25,26)27;;/h3-9H,20H2,1-2H3,(H,21,24)(H,25,26,27)(H,28,29,30);;/q;2*+1/p-2. The fraction of sp³-hybridized carbons (Fsp3) is 0.105. The summed E-state index contributed by atoms with van der Waals surface area (Å²) in [6.07, 6.45) is 0. The Morgan fingerprint density at radius 1 is 0.971 bits per heavy atom. The molecule has 3 N–H and O–H groups in total. The SMILES string of the molecule is COc1cc(N=Nc2cc(S(=O)(=O)O)c3cccc(S(=O)(=O)[O-])c3c2)c(N=C(C)[O-])cc1N.[Na+].[Na+]. The molecule has 0 aromatic heterocycles. The van der Waals surface area contributed by atoms with E-state index in [1.807, 2.05) is 0 Å². The van der Waals surface area contributed by atoms with Gasteiger partial charge in [-0.15, -0.1) is 5.11 Å². The molecule has 0 amide bonds. The number of azo groups is 1. The van der Waals surface area contributed by atoms with Crippen molar-refractivity contribution in [3.05, 3.63) is 42.5 Å². The molecule has 0 unspecified atom stereocenters. The molecule has 35 heavy (non-hydrogen) atoms. The van der Waals surface area contributed by atoms with Crippen LogP contribution in [0.5, 0.6) is 5.75 Å². The van der Waals surface area contributed by atoms with Gasteiger partial charge in [0.05, 0.1) is 29.1 Å². The molecule has 12 nitrogen and oxygen atoms in total. The monoisotopic (exact) mass is 538 g/mol. The summed E-state index contributed by atoms with van der Waals surface area (Å²) in [6, 6.07) is 8.10. The van der Waals surface area contributed by atoms with Crippen LogP contribution in [0.4, 0.5) is 22.7 Å². The number of hydrogen-bond acceptors (Lipinski definition) is 11. The van der Waals surface area contributed by atoms with Crippen LogP contribution in [-0.4, -0.2) is 38.9 Å². The van der Waals surface area contributed by atoms with Crippen molar-refractivity contribution < 1.29 is 94.9 Å². The largest absolute Gasteiger partial charge is 1.00 e. The molecule has 0 aliphatic heterocycles. The van der Waals surface area contributed by atoms with Gasteiger partial charge in [-0.05, 0) is 37.1 Å². The van der Waals surface area contributed by atoms with Crippen LogP contribution in [0.1, 0.15) is 6.92 Å². The minimum absolute atomic E-state index is 0. The third kappa shape index (κ3) is 7.45. The van der Waals surface area contributed by atoms with Crippen LogP contribution in [0.25, 0.3) is 10.8 Å². The molecule has 0 aliphatic rings. The summed E-state index contributed by atoms with van der Waals surface area (Å²) in [4.78, 5) is 2.39. The molecule has 0 heterocycles. The number of methoxy groups -OCH3 is 1. The maximum Gasteiger partial charge on any atom is 1.00 e. The van der Waals surface area contributed by atoms with Gasteiger partial charge in [0.2, 0.25) is 0 Å². The summed E-state index contributed by atoms with van der Waals surface area (Å²) in [5.74, 6) is -0.357. The van der Waals surface area contributed by atoms with Gasteiger partial charge in [0.1, 0.15) is 26.5 Å². The Labute approximate surface area is 245 Å². The van der Waals surface area contributed by atoms with Crippen LogP contribution in [0.2, 0.25) is 0 Å². The maximum absolute atomic E-state index is 11.9. The van der Waals surface area contributed by atoms with Crippen molar-refractivity contribution in [1.29, 1.82) is 0 Å². The van der Waals surface area contributed by atoms with Gasteiger partial charge in [-0.2, -0.15) is 13.5 Å². The van der Waals surface area contributed by atoms with Crippen LogP contribution in [0.3, 0.4) is 0 Å². The molecule has 3 aromatic rings. The third-order valence-corrected chi connectivity index (χ3v) is 6.12. The summed E-state index contributed by atoms with van der Waals surface area (Å²) >= 11 is 0. The van der Waals surface area contributed by atoms with E-state index < -0.39 is 35.9 Å². The number of ether oxygens (including phenoxy) is 1. The topological polar surface area (TPSA) is 207 Å². The number of aliphatic imine (C=N–C) groups is 1. The van der Waals surface area contributed by atoms with Gasteiger partial charge in [-0.1, -0.05) is 12.1 Å². The summed E-state index contributed by atoms with van der Waals surface area (Å²) in [7, 11) is -8.48. The molecular formula is C19H16N4Na2O8S2. The normalized spacial score (nSPS) is 12.3. The van der Waals surface area contributed by atoms with Crippen molar-refractivity contribution in [2.24, 2.45) is 15.2 Å². The molecule has 0 saturated heterocycles. The molecule has 3 aromatic carbocycles. The van der Waals surface area contributed by atoms with Gasteiger partial charge < -0.3 is 20.1 Å². The Balaban J connectivity index is 0.00000306. The van der Waals surface area contributed by atoms with Gasteiger partial charge >= 0.3 is 59.1 Å². The van der Waals surface area contributed by atoms with E-state index >= 15 is 0 Å². The smallest absolute Gasteiger partial charge is 0.862 e. The summed E-state index contributed by atoms with van der Waals surface area (Å²) in [5, 5.41) is 18.8. The van der Waals surface area contributed by atoms with Gasteiger partial charge in [-0.3, -0.25) is 9.55 Å². The zero-order chi connectivity index (χ0) is 24.6. The number of benzene rings is 3. The van der Waals surface area contributed by atoms with Crippen LogP contribution in [-0.2, 0) is 20.2 Å². The van der Waals surface area contributed by atoms with E-state index in [9.17, 15) is 31.0 Å². The Bertz CT molecular complexity index is 1540. The molecule has 0 fully saturated rings. The van der Waals surface area contributed by atoms with Crippen LogP contribution < -0.4 is 74.7 Å². The first-order valence-electron chi connectivity index (χ1n) is 8.93. The van der Waals surface area contributed by atoms with Gasteiger partial charge in [0.15, 0.2) is 0 Å². The molecule has 3 rings (SSSR count). The zero-order valence-electron chi connectivity index (χ0n) is 19.1. The Kier molecular flexibility index (Phi) is 10.9. The second-order valence-corrected chi connectivity index (χ2v) is 9.38. The maximum atomic E-state index is 11.9. The average molecular weight is 538 g/mol. The molecule has 0 radical (unpaired) electrons. The van der Waals surface area contributed by atoms with E-state index in [0.717, 1.165) is 18.2 Å². The number of nitrogen functional groups attached to an aromatic ring is 1. The Morgan fingerprint density at radius 2 is 1.63 bits per heavy atom. The van der Waals surface area contributed by atoms with Gasteiger partial charge in [0, 0.05) is 16.8 Å². The number of fused-ring (bicyclic) bond motifs is 1. The van der Waals surface area contributed by atoms with Crippen LogP contribution in [0.15, 0.2) is 67.5 Å². The van der Waals surface area contributed by atoms with Crippen LogP contribution in [0, 0.1) is 0 Å². The number of anilines is 1. The number of hydrogen-bond donors (Lipinski definition) is 2. The average Bonchev–Trinajstić information content (AvgIpc) is 2.70. The van der Waals surface area contributed by atoms with Crippen molar-refractivity contribution in [1.82, 2.24) is 0 Å². The molecule has 16 heteroatoms. The van der Waals surface area contributed by atoms with Crippen LogP contribution >= 0.6 is 0 Å². The molecular weight excluding hydrogens is 522 g/mol. The first-order chi connectivity index (χ1) is 15.3. The number of nitrogens with zero attached hydrogens (tertiary/aromatic N) is 3. The second kappa shape index (κ2) is 12.1. The number of rotatable bonds is 6. The molecule has 0 spiro atoms. The molecule has 0 saturated carbocycles. The first kappa shape index (κ1) is 31.4. The molecule has 174 valence electrons. The van der Waals surface area contributed by atoms with E-state index in [4.69, 9.17) is 10.5 Å². The fourth-order valence-electron chi connectivity index (χ4n) is 3.00. The number of nitrogens with two attached hydrogens (primary N) is 1. The third-order valence-electron chi connectivity index (χ3n) is 4.33. The molecule has 0 atom stereocenters. The van der Waals surface area contributed by atoms with Gasteiger partial charge in [-0.25, -0.2) is 8.42 Å². The van der Waals surface area contributed by atoms with Gasteiger partial charge in [0.25, 0.3) is 10.1 Å². The minimum atomic E-state index is -4.99. The van der Waals surface area contributed by atoms with Crippen molar-refractivity contribution in [3.63, 3.8) is 0 Å². The first-order valence-corrected chi connectivity index (χ1v) is 11.8. The van der Waals surface area contributed by atoms with E-state index in [2.05, 4.69) is 15.2 Å². The minimum Gasteiger partial charge on any atom is -0.862 e. The van der Waals surface area contributed by atoms with E-state index in [-0.39, 0.29) is 98.4 Å². The van der Waals surface area contributed by atoms with E-state index in [0.29, 0.717) is 0 Å². The second-order valence-electron chi connectivity index (χ2n) is 6.64. The van der Waals surface area contributed by atoms with E-state index in [1.165, 1.54) is 38.3 Å². The quantitative estimate of drug-likeness (QED) is 0.0793. The molecule has 0 bridgehead atoms. The predicted molar refractivity (Wildman–Crippen MR) is 116 cm³/mol. The van der Waals surface area contributed by atoms with Crippen molar-refractivity contribution in [2.75, 3.05) is 12.8 Å². The molecule has 0 aliphatic carbocycles. The summed E-state index contributed by atoms with van der Waals surface area (Å²) in [5.41, 5.74) is 5.84. The van der Waals surface area contributed by atoms with Crippen molar-refractivity contribution in [3.8, 4) is 5.75 Å². The summed E-state index contributed by atoms with van der Waals surface area (Å²) < 4.78 is 73.5. The predicted octanol–water partition coefficient (Wildman–Crippen LogP) is -3.58. The Hall–Kier alpha value is -1.59. The fourth-order valence-corrected chi connectivity index (χ4v) is 4.41. The van der Waals surface area contributed by atoms with Crippen molar-refractivity contribution in [2.45, 2.75) is 16.7 Å². The summed E-state index contributed by atoms with van der Waals surface area (Å²) in [6.45, 7) is 1.20.